The number of allylic oxidation sites excluding steroid dienone is 4. The Kier molecular flexibility index (Phi) is 7.16. The summed E-state index contributed by atoms with van der Waals surface area (Å²) in [5.41, 5.74) is 13.6. The van der Waals surface area contributed by atoms with E-state index in [1.165, 1.54) is 54.9 Å². The van der Waals surface area contributed by atoms with E-state index in [9.17, 15) is 4.48 Å². The van der Waals surface area contributed by atoms with Crippen molar-refractivity contribution in [1.82, 2.24) is 4.57 Å². The smallest absolute Gasteiger partial charge is 0.0920 e. The Morgan fingerprint density at radius 3 is 2.15 bits per heavy atom. The van der Waals surface area contributed by atoms with Gasteiger partial charge in [0.15, 0.2) is 0 Å². The van der Waals surface area contributed by atoms with Crippen LogP contribution < -0.4 is 5.54 Å². The van der Waals surface area contributed by atoms with Crippen LogP contribution in [-0.2, 0) is 0 Å². The van der Waals surface area contributed by atoms with Gasteiger partial charge in [-0.1, -0.05) is 133 Å². The molecule has 0 bridgehead atoms. The van der Waals surface area contributed by atoms with Crippen LogP contribution in [0.3, 0.4) is 0 Å². The number of fused-ring (bicyclic) bond motifs is 7. The third-order valence-electron chi connectivity index (χ3n) is 11.1. The van der Waals surface area contributed by atoms with Crippen molar-refractivity contribution in [2.75, 3.05) is 5.54 Å². The standard InChI is InChI=1S/C48H35FN2S/c1-29-10-3-6-14-36(29)42-28-35(22-18-30(42)2)51-43-25-21-32-12-5-8-16-38(32)46(43)40-23-19-33(26-44(40)51)34-20-24-41-45(27-34)52-48(47(41)50-49)39-17-9-13-31-11-4-7-15-37(31)39/h3-21,23-28,35,50H,22H2,1-2H3. The number of nitrogens with zero attached hydrogens (tertiary/aromatic N) is 1. The lowest BCUT2D eigenvalue weighted by Gasteiger charge is -2.25. The molecule has 2 heterocycles. The molecular weight excluding hydrogens is 656 g/mol. The zero-order valence-corrected chi connectivity index (χ0v) is 29.8. The number of nitrogens with one attached hydrogen (secondary N) is 1. The van der Waals surface area contributed by atoms with Crippen LogP contribution in [0.2, 0.25) is 0 Å². The molecule has 0 saturated carbocycles. The summed E-state index contributed by atoms with van der Waals surface area (Å²) < 4.78 is 18.2. The number of aryl methyl sites for hydroxylation is 1. The summed E-state index contributed by atoms with van der Waals surface area (Å²) in [6.07, 6.45) is 5.81. The molecule has 0 radical (unpaired) electrons. The lowest BCUT2D eigenvalue weighted by molar-refractivity contribution is 0.620. The summed E-state index contributed by atoms with van der Waals surface area (Å²) in [5, 5.41) is 8.22. The van der Waals surface area contributed by atoms with Gasteiger partial charge in [-0.15, -0.1) is 15.8 Å². The topological polar surface area (TPSA) is 17.0 Å². The molecule has 1 unspecified atom stereocenters. The quantitative estimate of drug-likeness (QED) is 0.178. The van der Waals surface area contributed by atoms with Crippen molar-refractivity contribution in [2.24, 2.45) is 0 Å². The second-order valence-electron chi connectivity index (χ2n) is 14.0. The van der Waals surface area contributed by atoms with Crippen molar-refractivity contribution in [3.8, 4) is 21.6 Å². The molecule has 0 saturated heterocycles. The first-order valence-electron chi connectivity index (χ1n) is 17.9. The number of rotatable bonds is 5. The summed E-state index contributed by atoms with van der Waals surface area (Å²) in [6.45, 7) is 4.44. The second kappa shape index (κ2) is 12.1. The molecule has 0 spiro atoms. The lowest BCUT2D eigenvalue weighted by Crippen LogP contribution is -2.10. The Balaban J connectivity index is 1.17. The average Bonchev–Trinajstić information content (AvgIpc) is 3.73. The lowest BCUT2D eigenvalue weighted by atomic mass is 9.88. The normalized spacial score (nSPS) is 14.8. The molecule has 0 amide bonds. The van der Waals surface area contributed by atoms with E-state index in [1.54, 1.807) is 11.3 Å². The summed E-state index contributed by atoms with van der Waals surface area (Å²) >= 11 is 1.64. The summed E-state index contributed by atoms with van der Waals surface area (Å²) in [6, 6.07) is 50.0. The van der Waals surface area contributed by atoms with Crippen LogP contribution in [0.15, 0.2) is 157 Å². The predicted octanol–water partition coefficient (Wildman–Crippen LogP) is 14.2. The molecule has 0 aliphatic heterocycles. The Morgan fingerprint density at radius 1 is 0.635 bits per heavy atom. The van der Waals surface area contributed by atoms with Gasteiger partial charge in [0.25, 0.3) is 0 Å². The molecule has 7 aromatic carbocycles. The highest BCUT2D eigenvalue weighted by Crippen LogP contribution is 2.47. The number of halogens is 1. The largest absolute Gasteiger partial charge is 0.333 e. The monoisotopic (exact) mass is 690 g/mol. The molecule has 250 valence electrons. The fourth-order valence-corrected chi connectivity index (χ4v) is 9.72. The first-order valence-corrected chi connectivity index (χ1v) is 18.7. The van der Waals surface area contributed by atoms with Crippen molar-refractivity contribution < 1.29 is 4.48 Å². The van der Waals surface area contributed by atoms with Crippen LogP contribution >= 0.6 is 11.3 Å². The van der Waals surface area contributed by atoms with Gasteiger partial charge in [-0.3, -0.25) is 0 Å². The van der Waals surface area contributed by atoms with E-state index in [2.05, 4.69) is 163 Å². The number of hydrogen-bond donors (Lipinski definition) is 1. The highest BCUT2D eigenvalue weighted by atomic mass is 32.1. The van der Waals surface area contributed by atoms with Crippen molar-refractivity contribution in [3.63, 3.8) is 0 Å². The fraction of sp³-hybridized carbons (Fsp3) is 0.0833. The van der Waals surface area contributed by atoms with Crippen LogP contribution in [0.1, 0.15) is 30.5 Å². The molecule has 2 nitrogen and oxygen atoms in total. The minimum Gasteiger partial charge on any atom is -0.333 e. The van der Waals surface area contributed by atoms with Gasteiger partial charge in [0.05, 0.1) is 27.6 Å². The van der Waals surface area contributed by atoms with E-state index < -0.39 is 0 Å². The van der Waals surface area contributed by atoms with E-state index in [0.29, 0.717) is 5.69 Å². The van der Waals surface area contributed by atoms with Crippen LogP contribution in [0.5, 0.6) is 0 Å². The predicted molar refractivity (Wildman–Crippen MR) is 222 cm³/mol. The van der Waals surface area contributed by atoms with E-state index in [4.69, 9.17) is 0 Å². The van der Waals surface area contributed by atoms with Gasteiger partial charge in [0.2, 0.25) is 0 Å². The van der Waals surface area contributed by atoms with Crippen molar-refractivity contribution in [3.05, 3.63) is 168 Å². The van der Waals surface area contributed by atoms with Gasteiger partial charge >= 0.3 is 0 Å². The molecule has 4 heteroatoms. The van der Waals surface area contributed by atoms with Crippen molar-refractivity contribution >= 4 is 76.0 Å². The van der Waals surface area contributed by atoms with Crippen LogP contribution in [0.25, 0.3) is 80.6 Å². The zero-order chi connectivity index (χ0) is 34.9. The Bertz CT molecular complexity index is 2950. The van der Waals surface area contributed by atoms with Crippen molar-refractivity contribution in [2.45, 2.75) is 26.3 Å². The van der Waals surface area contributed by atoms with Crippen LogP contribution in [0, 0.1) is 6.92 Å². The highest BCUT2D eigenvalue weighted by Gasteiger charge is 2.23. The number of benzene rings is 7. The minimum atomic E-state index is 0.149. The molecule has 1 atom stereocenters. The number of anilines is 1. The number of thiophene rings is 1. The van der Waals surface area contributed by atoms with E-state index in [1.807, 2.05) is 12.1 Å². The number of hydrogen-bond acceptors (Lipinski definition) is 2. The summed E-state index contributed by atoms with van der Waals surface area (Å²) in [4.78, 5) is 0.908. The Labute approximate surface area is 305 Å². The molecule has 9 aromatic rings. The zero-order valence-electron chi connectivity index (χ0n) is 29.0. The molecule has 0 fully saturated rings. The maximum atomic E-state index is 14.6. The number of aromatic nitrogens is 1. The molecule has 10 rings (SSSR count). The molecule has 1 N–H and O–H groups in total. The van der Waals surface area contributed by atoms with Crippen molar-refractivity contribution in [1.29, 1.82) is 0 Å². The molecule has 1 aliphatic rings. The third-order valence-corrected chi connectivity index (χ3v) is 12.2. The van der Waals surface area contributed by atoms with Gasteiger partial charge in [-0.2, -0.15) is 0 Å². The SMILES string of the molecule is CC1=CCC(n2c3cc(-c4ccc5c(NF)c(-c6cccc7ccccc67)sc5c4)ccc3c3c4ccccc4ccc32)C=C1c1ccccc1C. The van der Waals surface area contributed by atoms with Gasteiger partial charge in [-0.05, 0) is 93.4 Å². The van der Waals surface area contributed by atoms with Crippen LogP contribution in [-0.4, -0.2) is 4.57 Å². The fourth-order valence-electron chi connectivity index (χ4n) is 8.49. The first kappa shape index (κ1) is 30.8. The molecule has 52 heavy (non-hydrogen) atoms. The highest BCUT2D eigenvalue weighted by molar-refractivity contribution is 7.23. The van der Waals surface area contributed by atoms with E-state index >= 15 is 0 Å². The van der Waals surface area contributed by atoms with Gasteiger partial charge < -0.3 is 4.57 Å². The first-order chi connectivity index (χ1) is 25.6. The Morgan fingerprint density at radius 2 is 1.33 bits per heavy atom. The van der Waals surface area contributed by atoms with Gasteiger partial charge in [-0.25, -0.2) is 5.54 Å². The average molecular weight is 691 g/mol. The second-order valence-corrected chi connectivity index (χ2v) is 15.1. The summed E-state index contributed by atoms with van der Waals surface area (Å²) in [7, 11) is 0. The maximum absolute atomic E-state index is 14.6. The molecule has 2 aromatic heterocycles. The molecule has 1 aliphatic carbocycles. The van der Waals surface area contributed by atoms with E-state index in [-0.39, 0.29) is 6.04 Å². The van der Waals surface area contributed by atoms with Gasteiger partial charge in [0.1, 0.15) is 0 Å². The minimum absolute atomic E-state index is 0.149. The van der Waals surface area contributed by atoms with Gasteiger partial charge in [0, 0.05) is 26.4 Å². The van der Waals surface area contributed by atoms with E-state index in [0.717, 1.165) is 48.8 Å². The summed E-state index contributed by atoms with van der Waals surface area (Å²) in [5.74, 6) is 0. The maximum Gasteiger partial charge on any atom is 0.0920 e. The Hall–Kier alpha value is -5.97. The molecular formula is C48H35FN2S. The third kappa shape index (κ3) is 4.75. The van der Waals surface area contributed by atoms with Crippen LogP contribution in [0.4, 0.5) is 10.2 Å².